The number of carbonyl (C=O) groups excluding carboxylic acids is 1. The monoisotopic (exact) mass is 275 g/mol. The maximum atomic E-state index is 12.5. The molecule has 0 saturated carbocycles. The molecule has 102 valence electrons. The van der Waals surface area contributed by atoms with Crippen molar-refractivity contribution in [3.63, 3.8) is 0 Å². The standard InChI is InChI=1S/C16H21NOS/c1-4-12(2)17-10-9-14(11-17)16(18)13-5-7-15(19-3)8-6-13/h4-8,14H,9-11H2,1-3H3/b12-4-. The van der Waals surface area contributed by atoms with Gasteiger partial charge in [0, 0.05) is 35.2 Å². The van der Waals surface area contributed by atoms with Crippen molar-refractivity contribution in [1.29, 1.82) is 0 Å². The second kappa shape index (κ2) is 6.29. The van der Waals surface area contributed by atoms with E-state index in [9.17, 15) is 4.79 Å². The summed E-state index contributed by atoms with van der Waals surface area (Å²) in [6.07, 6.45) is 5.12. The Morgan fingerprint density at radius 1 is 1.37 bits per heavy atom. The number of thioether (sulfide) groups is 1. The number of likely N-dealkylation sites (tertiary alicyclic amines) is 1. The molecule has 0 radical (unpaired) electrons. The third kappa shape index (κ3) is 3.21. The first-order chi connectivity index (χ1) is 9.15. The Hall–Kier alpha value is -1.22. The predicted molar refractivity (Wildman–Crippen MR) is 81.7 cm³/mol. The van der Waals surface area contributed by atoms with Gasteiger partial charge in [-0.1, -0.05) is 18.2 Å². The molecule has 1 unspecified atom stereocenters. The molecule has 19 heavy (non-hydrogen) atoms. The molecule has 0 spiro atoms. The van der Waals surface area contributed by atoms with E-state index in [4.69, 9.17) is 0 Å². The Bertz CT molecular complexity index is 478. The third-order valence-corrected chi connectivity index (χ3v) is 4.59. The molecule has 0 aromatic heterocycles. The highest BCUT2D eigenvalue weighted by atomic mass is 32.2. The van der Waals surface area contributed by atoms with E-state index in [1.54, 1.807) is 11.8 Å². The summed E-state index contributed by atoms with van der Waals surface area (Å²) in [6.45, 7) is 6.01. The Morgan fingerprint density at radius 2 is 2.05 bits per heavy atom. The minimum absolute atomic E-state index is 0.148. The second-order valence-corrected chi connectivity index (χ2v) is 5.83. The zero-order valence-corrected chi connectivity index (χ0v) is 12.7. The molecule has 2 rings (SSSR count). The summed E-state index contributed by atoms with van der Waals surface area (Å²) in [7, 11) is 0. The Balaban J connectivity index is 2.04. The lowest BCUT2D eigenvalue weighted by Gasteiger charge is -2.18. The van der Waals surface area contributed by atoms with Crippen molar-refractivity contribution in [2.24, 2.45) is 5.92 Å². The van der Waals surface area contributed by atoms with Crippen LogP contribution in [0, 0.1) is 5.92 Å². The van der Waals surface area contributed by atoms with Gasteiger partial charge in [0.2, 0.25) is 0 Å². The number of ketones is 1. The summed E-state index contributed by atoms with van der Waals surface area (Å²) in [5, 5.41) is 0. The van der Waals surface area contributed by atoms with Gasteiger partial charge >= 0.3 is 0 Å². The van der Waals surface area contributed by atoms with E-state index < -0.39 is 0 Å². The molecular weight excluding hydrogens is 254 g/mol. The summed E-state index contributed by atoms with van der Waals surface area (Å²) in [5.74, 6) is 0.439. The number of carbonyl (C=O) groups is 1. The predicted octanol–water partition coefficient (Wildman–Crippen LogP) is 3.84. The largest absolute Gasteiger partial charge is 0.375 e. The highest BCUT2D eigenvalue weighted by Crippen LogP contribution is 2.24. The average Bonchev–Trinajstić information content (AvgIpc) is 2.95. The first kappa shape index (κ1) is 14.2. The first-order valence-corrected chi connectivity index (χ1v) is 7.94. The van der Waals surface area contributed by atoms with Crippen molar-refractivity contribution in [2.45, 2.75) is 25.2 Å². The average molecular weight is 275 g/mol. The Morgan fingerprint density at radius 3 is 2.63 bits per heavy atom. The van der Waals surface area contributed by atoms with Crippen LogP contribution in [0.3, 0.4) is 0 Å². The molecule has 1 aliphatic rings. The lowest BCUT2D eigenvalue weighted by Crippen LogP contribution is -2.21. The third-order valence-electron chi connectivity index (χ3n) is 3.85. The molecule has 1 saturated heterocycles. The smallest absolute Gasteiger partial charge is 0.167 e. The highest BCUT2D eigenvalue weighted by Gasteiger charge is 2.28. The van der Waals surface area contributed by atoms with Gasteiger partial charge in [-0.15, -0.1) is 11.8 Å². The molecule has 1 fully saturated rings. The molecule has 0 bridgehead atoms. The van der Waals surface area contributed by atoms with Crippen molar-refractivity contribution < 1.29 is 4.79 Å². The van der Waals surface area contributed by atoms with Gasteiger partial charge < -0.3 is 4.90 Å². The molecule has 3 heteroatoms. The van der Waals surface area contributed by atoms with E-state index in [2.05, 4.69) is 17.9 Å². The van der Waals surface area contributed by atoms with E-state index >= 15 is 0 Å². The molecule has 0 N–H and O–H groups in total. The van der Waals surface area contributed by atoms with Crippen LogP contribution in [0.25, 0.3) is 0 Å². The molecular formula is C16H21NOS. The van der Waals surface area contributed by atoms with Crippen molar-refractivity contribution in [3.05, 3.63) is 41.6 Å². The van der Waals surface area contributed by atoms with Crippen LogP contribution >= 0.6 is 11.8 Å². The molecule has 1 aromatic carbocycles. The van der Waals surface area contributed by atoms with Crippen LogP contribution in [0.1, 0.15) is 30.6 Å². The van der Waals surface area contributed by atoms with E-state index in [0.29, 0.717) is 5.78 Å². The van der Waals surface area contributed by atoms with Crippen LogP contribution in [0.2, 0.25) is 0 Å². The molecule has 0 amide bonds. The maximum absolute atomic E-state index is 12.5. The summed E-state index contributed by atoms with van der Waals surface area (Å²) in [4.78, 5) is 16.0. The van der Waals surface area contributed by atoms with Crippen LogP contribution in [-0.4, -0.2) is 30.0 Å². The van der Waals surface area contributed by atoms with E-state index in [0.717, 1.165) is 25.1 Å². The minimum Gasteiger partial charge on any atom is -0.375 e. The van der Waals surface area contributed by atoms with Crippen molar-refractivity contribution in [2.75, 3.05) is 19.3 Å². The van der Waals surface area contributed by atoms with E-state index in [-0.39, 0.29) is 5.92 Å². The summed E-state index contributed by atoms with van der Waals surface area (Å²) in [5.41, 5.74) is 2.12. The Labute approximate surface area is 119 Å². The SMILES string of the molecule is C/C=C(/C)N1CCC(C(=O)c2ccc(SC)cc2)C1. The fraction of sp³-hybridized carbons (Fsp3) is 0.438. The lowest BCUT2D eigenvalue weighted by atomic mass is 9.97. The Kier molecular flexibility index (Phi) is 4.70. The molecule has 2 nitrogen and oxygen atoms in total. The van der Waals surface area contributed by atoms with Gasteiger partial charge in [0.25, 0.3) is 0 Å². The van der Waals surface area contributed by atoms with Crippen molar-refractivity contribution in [3.8, 4) is 0 Å². The van der Waals surface area contributed by atoms with Gasteiger partial charge in [-0.3, -0.25) is 4.79 Å². The summed E-state index contributed by atoms with van der Waals surface area (Å²) >= 11 is 1.70. The van der Waals surface area contributed by atoms with E-state index in [1.807, 2.05) is 37.4 Å². The zero-order valence-electron chi connectivity index (χ0n) is 11.8. The van der Waals surface area contributed by atoms with Gasteiger partial charge in [-0.2, -0.15) is 0 Å². The minimum atomic E-state index is 0.148. The fourth-order valence-corrected chi connectivity index (χ4v) is 2.88. The van der Waals surface area contributed by atoms with Gasteiger partial charge in [0.1, 0.15) is 0 Å². The van der Waals surface area contributed by atoms with Crippen LogP contribution < -0.4 is 0 Å². The highest BCUT2D eigenvalue weighted by molar-refractivity contribution is 7.98. The molecule has 1 heterocycles. The number of nitrogens with zero attached hydrogens (tertiary/aromatic N) is 1. The van der Waals surface area contributed by atoms with Crippen LogP contribution in [0.4, 0.5) is 0 Å². The number of rotatable bonds is 4. The molecule has 0 aliphatic carbocycles. The first-order valence-electron chi connectivity index (χ1n) is 6.72. The van der Waals surface area contributed by atoms with E-state index in [1.165, 1.54) is 10.6 Å². The van der Waals surface area contributed by atoms with Gasteiger partial charge in [-0.05, 0) is 38.7 Å². The van der Waals surface area contributed by atoms with Gasteiger partial charge in [-0.25, -0.2) is 0 Å². The maximum Gasteiger partial charge on any atom is 0.167 e. The normalized spacial score (nSPS) is 19.8. The molecule has 1 atom stereocenters. The second-order valence-electron chi connectivity index (χ2n) is 4.95. The van der Waals surface area contributed by atoms with Crippen LogP contribution in [0.5, 0.6) is 0 Å². The molecule has 1 aliphatic heterocycles. The number of hydrogen-bond donors (Lipinski definition) is 0. The van der Waals surface area contributed by atoms with Crippen LogP contribution in [-0.2, 0) is 0 Å². The fourth-order valence-electron chi connectivity index (χ4n) is 2.47. The van der Waals surface area contributed by atoms with Crippen molar-refractivity contribution >= 4 is 17.5 Å². The number of benzene rings is 1. The summed E-state index contributed by atoms with van der Waals surface area (Å²) < 4.78 is 0. The van der Waals surface area contributed by atoms with Gasteiger partial charge in [0.05, 0.1) is 0 Å². The number of Topliss-reactive ketones (excluding diaryl/α,β-unsaturated/α-hetero) is 1. The van der Waals surface area contributed by atoms with Crippen LogP contribution in [0.15, 0.2) is 40.9 Å². The summed E-state index contributed by atoms with van der Waals surface area (Å²) in [6, 6.07) is 7.97. The number of hydrogen-bond acceptors (Lipinski definition) is 3. The lowest BCUT2D eigenvalue weighted by molar-refractivity contribution is 0.0925. The molecule has 1 aromatic rings. The van der Waals surface area contributed by atoms with Gasteiger partial charge in [0.15, 0.2) is 5.78 Å². The topological polar surface area (TPSA) is 20.3 Å². The zero-order chi connectivity index (χ0) is 13.8. The quantitative estimate of drug-likeness (QED) is 0.615. The number of allylic oxidation sites excluding steroid dienone is 2. The van der Waals surface area contributed by atoms with Crippen molar-refractivity contribution in [1.82, 2.24) is 4.90 Å².